The van der Waals surface area contributed by atoms with Crippen molar-refractivity contribution in [3.63, 3.8) is 0 Å². The highest BCUT2D eigenvalue weighted by molar-refractivity contribution is 5.72. The van der Waals surface area contributed by atoms with Gasteiger partial charge in [-0.1, -0.05) is 0 Å². The van der Waals surface area contributed by atoms with Gasteiger partial charge in [0.25, 0.3) is 0 Å². The fourth-order valence-corrected chi connectivity index (χ4v) is 2.10. The standard InChI is InChI=1S/C11H18O5/c12-3-4-14-5-6-15-11(13)8-1-2-9-10(7-8)16-9/h8-10,12H,1-7H2. The molecular weight excluding hydrogens is 212 g/mol. The molecule has 92 valence electrons. The van der Waals surface area contributed by atoms with E-state index in [1.54, 1.807) is 0 Å². The van der Waals surface area contributed by atoms with Gasteiger partial charge in [0.2, 0.25) is 0 Å². The first-order valence-corrected chi connectivity index (χ1v) is 5.82. The van der Waals surface area contributed by atoms with Gasteiger partial charge in [-0.3, -0.25) is 4.79 Å². The maximum Gasteiger partial charge on any atom is 0.309 e. The molecule has 0 radical (unpaired) electrons. The molecule has 0 amide bonds. The van der Waals surface area contributed by atoms with Crippen LogP contribution in [-0.2, 0) is 19.0 Å². The minimum atomic E-state index is -0.137. The van der Waals surface area contributed by atoms with E-state index in [9.17, 15) is 4.79 Å². The van der Waals surface area contributed by atoms with E-state index in [2.05, 4.69) is 0 Å². The van der Waals surface area contributed by atoms with Crippen molar-refractivity contribution < 1.29 is 24.1 Å². The van der Waals surface area contributed by atoms with E-state index in [0.29, 0.717) is 25.4 Å². The highest BCUT2D eigenvalue weighted by Crippen LogP contribution is 2.39. The first-order valence-electron chi connectivity index (χ1n) is 5.82. The Morgan fingerprint density at radius 3 is 2.88 bits per heavy atom. The Kier molecular flexibility index (Phi) is 4.15. The van der Waals surface area contributed by atoms with Gasteiger partial charge in [0.15, 0.2) is 0 Å². The zero-order chi connectivity index (χ0) is 11.4. The zero-order valence-corrected chi connectivity index (χ0v) is 9.26. The molecule has 1 N–H and O–H groups in total. The fourth-order valence-electron chi connectivity index (χ4n) is 2.10. The minimum absolute atomic E-state index is 0.00147. The number of rotatable bonds is 6. The highest BCUT2D eigenvalue weighted by atomic mass is 16.6. The van der Waals surface area contributed by atoms with Crippen molar-refractivity contribution in [2.24, 2.45) is 5.92 Å². The predicted molar refractivity (Wildman–Crippen MR) is 54.9 cm³/mol. The molecule has 0 bridgehead atoms. The Hall–Kier alpha value is -0.650. The van der Waals surface area contributed by atoms with Crippen LogP contribution in [0.1, 0.15) is 19.3 Å². The number of ether oxygens (including phenoxy) is 3. The van der Waals surface area contributed by atoms with Crippen molar-refractivity contribution in [1.82, 2.24) is 0 Å². The van der Waals surface area contributed by atoms with Gasteiger partial charge in [0, 0.05) is 0 Å². The number of carbonyl (C=O) groups excluding carboxylic acids is 1. The van der Waals surface area contributed by atoms with Gasteiger partial charge < -0.3 is 19.3 Å². The van der Waals surface area contributed by atoms with Crippen LogP contribution >= 0.6 is 0 Å². The highest BCUT2D eigenvalue weighted by Gasteiger charge is 2.46. The molecule has 0 aromatic carbocycles. The van der Waals surface area contributed by atoms with Gasteiger partial charge in [0.1, 0.15) is 6.61 Å². The summed E-state index contributed by atoms with van der Waals surface area (Å²) in [5.74, 6) is -0.136. The monoisotopic (exact) mass is 230 g/mol. The number of aliphatic hydroxyl groups excluding tert-OH is 1. The van der Waals surface area contributed by atoms with Crippen LogP contribution in [0.2, 0.25) is 0 Å². The third kappa shape index (κ3) is 3.17. The van der Waals surface area contributed by atoms with E-state index >= 15 is 0 Å². The van der Waals surface area contributed by atoms with Crippen molar-refractivity contribution in [3.05, 3.63) is 0 Å². The first kappa shape index (κ1) is 11.8. The normalized spacial score (nSPS) is 31.9. The summed E-state index contributed by atoms with van der Waals surface area (Å²) in [4.78, 5) is 11.6. The molecule has 0 aromatic heterocycles. The van der Waals surface area contributed by atoms with E-state index in [0.717, 1.165) is 19.3 Å². The van der Waals surface area contributed by atoms with Gasteiger partial charge in [-0.15, -0.1) is 0 Å². The molecule has 1 aliphatic heterocycles. The summed E-state index contributed by atoms with van der Waals surface area (Å²) >= 11 is 0. The number of fused-ring (bicyclic) bond motifs is 1. The molecule has 5 heteroatoms. The summed E-state index contributed by atoms with van der Waals surface area (Å²) in [5.41, 5.74) is 0. The first-order chi connectivity index (χ1) is 7.81. The number of aliphatic hydroxyl groups is 1. The van der Waals surface area contributed by atoms with Crippen LogP contribution in [-0.4, -0.2) is 49.7 Å². The van der Waals surface area contributed by atoms with Crippen LogP contribution in [0, 0.1) is 5.92 Å². The average molecular weight is 230 g/mol. The Balaban J connectivity index is 1.56. The summed E-state index contributed by atoms with van der Waals surface area (Å²) in [6.07, 6.45) is 3.37. The molecule has 16 heavy (non-hydrogen) atoms. The average Bonchev–Trinajstić information content (AvgIpc) is 3.06. The third-order valence-corrected chi connectivity index (χ3v) is 3.05. The predicted octanol–water partition coefficient (Wildman–Crippen LogP) is 0.106. The Bertz CT molecular complexity index is 243. The van der Waals surface area contributed by atoms with E-state index in [1.807, 2.05) is 0 Å². The lowest BCUT2D eigenvalue weighted by Gasteiger charge is -2.17. The van der Waals surface area contributed by atoms with Crippen molar-refractivity contribution in [2.75, 3.05) is 26.4 Å². The van der Waals surface area contributed by atoms with Crippen molar-refractivity contribution in [1.29, 1.82) is 0 Å². The summed E-state index contributed by atoms with van der Waals surface area (Å²) in [5, 5.41) is 8.47. The summed E-state index contributed by atoms with van der Waals surface area (Å²) in [6.45, 7) is 0.904. The van der Waals surface area contributed by atoms with E-state index in [-0.39, 0.29) is 25.1 Å². The molecule has 0 aromatic rings. The second kappa shape index (κ2) is 5.61. The number of hydrogen-bond donors (Lipinski definition) is 1. The molecule has 2 aliphatic rings. The van der Waals surface area contributed by atoms with Crippen LogP contribution in [0.3, 0.4) is 0 Å². The van der Waals surface area contributed by atoms with Gasteiger partial charge in [-0.05, 0) is 19.3 Å². The second-order valence-corrected chi connectivity index (χ2v) is 4.23. The molecule has 0 spiro atoms. The molecule has 1 heterocycles. The lowest BCUT2D eigenvalue weighted by atomic mass is 9.89. The maximum atomic E-state index is 11.6. The van der Waals surface area contributed by atoms with Crippen molar-refractivity contribution in [2.45, 2.75) is 31.5 Å². The maximum absolute atomic E-state index is 11.6. The molecule has 1 saturated heterocycles. The van der Waals surface area contributed by atoms with Crippen LogP contribution in [0.5, 0.6) is 0 Å². The number of carbonyl (C=O) groups is 1. The third-order valence-electron chi connectivity index (χ3n) is 3.05. The minimum Gasteiger partial charge on any atom is -0.463 e. The summed E-state index contributed by atoms with van der Waals surface area (Å²) < 4.78 is 15.4. The van der Waals surface area contributed by atoms with Crippen LogP contribution in [0.4, 0.5) is 0 Å². The second-order valence-electron chi connectivity index (χ2n) is 4.23. The van der Waals surface area contributed by atoms with Gasteiger partial charge >= 0.3 is 5.97 Å². The van der Waals surface area contributed by atoms with E-state index < -0.39 is 0 Å². The van der Waals surface area contributed by atoms with Crippen LogP contribution in [0.25, 0.3) is 0 Å². The van der Waals surface area contributed by atoms with Gasteiger partial charge in [-0.2, -0.15) is 0 Å². The zero-order valence-electron chi connectivity index (χ0n) is 9.26. The molecule has 1 aliphatic carbocycles. The van der Waals surface area contributed by atoms with Crippen LogP contribution < -0.4 is 0 Å². The van der Waals surface area contributed by atoms with Crippen molar-refractivity contribution in [3.8, 4) is 0 Å². The van der Waals surface area contributed by atoms with E-state index in [1.165, 1.54) is 0 Å². The molecule has 2 fully saturated rings. The quantitative estimate of drug-likeness (QED) is 0.398. The van der Waals surface area contributed by atoms with Gasteiger partial charge in [0.05, 0.1) is 37.9 Å². The molecule has 1 saturated carbocycles. The lowest BCUT2D eigenvalue weighted by molar-refractivity contribution is -0.151. The largest absolute Gasteiger partial charge is 0.463 e. The summed E-state index contributed by atoms with van der Waals surface area (Å²) in [6, 6.07) is 0. The molecule has 2 rings (SSSR count). The van der Waals surface area contributed by atoms with E-state index in [4.69, 9.17) is 19.3 Å². The molecule has 5 nitrogen and oxygen atoms in total. The number of esters is 1. The Labute approximate surface area is 94.7 Å². The summed E-state index contributed by atoms with van der Waals surface area (Å²) in [7, 11) is 0. The lowest BCUT2D eigenvalue weighted by Crippen LogP contribution is -2.25. The molecule has 3 atom stereocenters. The SMILES string of the molecule is O=C(OCCOCCO)C1CCC2OC2C1. The number of hydrogen-bond acceptors (Lipinski definition) is 5. The van der Waals surface area contributed by atoms with Crippen LogP contribution in [0.15, 0.2) is 0 Å². The smallest absolute Gasteiger partial charge is 0.309 e. The van der Waals surface area contributed by atoms with Crippen molar-refractivity contribution >= 4 is 5.97 Å². The number of epoxide rings is 1. The van der Waals surface area contributed by atoms with Gasteiger partial charge in [-0.25, -0.2) is 0 Å². The Morgan fingerprint density at radius 1 is 1.25 bits per heavy atom. The topological polar surface area (TPSA) is 68.3 Å². The fraction of sp³-hybridized carbons (Fsp3) is 0.909. The Morgan fingerprint density at radius 2 is 2.12 bits per heavy atom. The molecular formula is C11H18O5. The molecule has 3 unspecified atom stereocenters.